The number of nitrogens with one attached hydrogen (secondary N) is 1. The molecule has 1 aliphatic heterocycles. The molecule has 0 spiro atoms. The van der Waals surface area contributed by atoms with E-state index >= 15 is 0 Å². The number of rotatable bonds is 2. The molecule has 4 heteroatoms. The molecule has 0 fully saturated rings. The third-order valence-electron chi connectivity index (χ3n) is 3.64. The number of fused-ring (bicyclic) bond motifs is 1. The van der Waals surface area contributed by atoms with Crippen molar-refractivity contribution in [2.75, 3.05) is 30.4 Å². The molecule has 0 saturated heterocycles. The number of para-hydroxylation sites is 1. The lowest BCUT2D eigenvalue weighted by Crippen LogP contribution is -2.28. The average molecular weight is 282 g/mol. The van der Waals surface area contributed by atoms with Crippen molar-refractivity contribution < 1.29 is 9.53 Å². The standard InChI is InChI=1S/C17H18N2O2/c1-12-6-8-13(9-7-12)19(2)17(20)14-4-3-5-15-16(14)21-11-10-18-15/h3-9,18H,10-11H2,1-2H3. The molecule has 21 heavy (non-hydrogen) atoms. The van der Waals surface area contributed by atoms with E-state index in [1.807, 2.05) is 43.3 Å². The Morgan fingerprint density at radius 3 is 2.71 bits per heavy atom. The number of hydrogen-bond acceptors (Lipinski definition) is 3. The second-order valence-corrected chi connectivity index (χ2v) is 5.16. The number of carbonyl (C=O) groups excluding carboxylic acids is 1. The molecule has 0 radical (unpaired) electrons. The largest absolute Gasteiger partial charge is 0.489 e. The zero-order chi connectivity index (χ0) is 14.8. The number of benzene rings is 2. The lowest BCUT2D eigenvalue weighted by molar-refractivity contribution is 0.0989. The Hall–Kier alpha value is -2.49. The minimum Gasteiger partial charge on any atom is -0.489 e. The van der Waals surface area contributed by atoms with Crippen LogP contribution in [-0.2, 0) is 0 Å². The van der Waals surface area contributed by atoms with Crippen molar-refractivity contribution in [1.82, 2.24) is 0 Å². The van der Waals surface area contributed by atoms with Crippen LogP contribution in [0.3, 0.4) is 0 Å². The van der Waals surface area contributed by atoms with Gasteiger partial charge in [0.15, 0.2) is 5.75 Å². The Balaban J connectivity index is 1.93. The van der Waals surface area contributed by atoms with Crippen LogP contribution in [0.1, 0.15) is 15.9 Å². The van der Waals surface area contributed by atoms with Gasteiger partial charge in [-0.1, -0.05) is 23.8 Å². The third-order valence-corrected chi connectivity index (χ3v) is 3.64. The zero-order valence-corrected chi connectivity index (χ0v) is 12.2. The second-order valence-electron chi connectivity index (χ2n) is 5.16. The molecule has 1 N–H and O–H groups in total. The van der Waals surface area contributed by atoms with Crippen molar-refractivity contribution in [2.45, 2.75) is 6.92 Å². The van der Waals surface area contributed by atoms with Crippen LogP contribution in [0.15, 0.2) is 42.5 Å². The van der Waals surface area contributed by atoms with Crippen molar-refractivity contribution in [1.29, 1.82) is 0 Å². The number of aryl methyl sites for hydroxylation is 1. The van der Waals surface area contributed by atoms with E-state index < -0.39 is 0 Å². The van der Waals surface area contributed by atoms with Crippen LogP contribution in [-0.4, -0.2) is 26.1 Å². The summed E-state index contributed by atoms with van der Waals surface area (Å²) in [6.45, 7) is 3.36. The van der Waals surface area contributed by atoms with Crippen molar-refractivity contribution in [2.24, 2.45) is 0 Å². The Labute approximate surface area is 124 Å². The molecular weight excluding hydrogens is 264 g/mol. The Morgan fingerprint density at radius 2 is 1.95 bits per heavy atom. The van der Waals surface area contributed by atoms with Gasteiger partial charge in [-0.15, -0.1) is 0 Å². The molecule has 1 heterocycles. The number of anilines is 2. The molecule has 1 aliphatic rings. The highest BCUT2D eigenvalue weighted by atomic mass is 16.5. The highest BCUT2D eigenvalue weighted by molar-refractivity contribution is 6.08. The third kappa shape index (κ3) is 2.57. The van der Waals surface area contributed by atoms with E-state index in [1.54, 1.807) is 18.0 Å². The summed E-state index contributed by atoms with van der Waals surface area (Å²) in [6.07, 6.45) is 0. The molecule has 0 atom stereocenters. The normalized spacial score (nSPS) is 12.9. The van der Waals surface area contributed by atoms with Gasteiger partial charge < -0.3 is 15.0 Å². The number of nitrogens with zero attached hydrogens (tertiary/aromatic N) is 1. The zero-order valence-electron chi connectivity index (χ0n) is 12.2. The fourth-order valence-corrected chi connectivity index (χ4v) is 2.41. The average Bonchev–Trinajstić information content (AvgIpc) is 2.53. The summed E-state index contributed by atoms with van der Waals surface area (Å²) >= 11 is 0. The van der Waals surface area contributed by atoms with Crippen LogP contribution in [0.4, 0.5) is 11.4 Å². The number of amides is 1. The molecular formula is C17H18N2O2. The second kappa shape index (κ2) is 5.48. The molecule has 0 aliphatic carbocycles. The molecule has 1 amide bonds. The lowest BCUT2D eigenvalue weighted by Gasteiger charge is -2.24. The fraction of sp³-hybridized carbons (Fsp3) is 0.235. The minimum absolute atomic E-state index is 0.0700. The van der Waals surface area contributed by atoms with Crippen LogP contribution in [0.5, 0.6) is 5.75 Å². The van der Waals surface area contributed by atoms with E-state index in [0.717, 1.165) is 17.9 Å². The maximum Gasteiger partial charge on any atom is 0.261 e. The fourth-order valence-electron chi connectivity index (χ4n) is 2.41. The van der Waals surface area contributed by atoms with Gasteiger partial charge in [0, 0.05) is 19.3 Å². The van der Waals surface area contributed by atoms with Gasteiger partial charge in [-0.3, -0.25) is 4.79 Å². The lowest BCUT2D eigenvalue weighted by atomic mass is 10.1. The van der Waals surface area contributed by atoms with E-state index in [9.17, 15) is 4.79 Å². The van der Waals surface area contributed by atoms with Crippen LogP contribution in [0, 0.1) is 6.92 Å². The van der Waals surface area contributed by atoms with E-state index in [-0.39, 0.29) is 5.91 Å². The molecule has 0 bridgehead atoms. The van der Waals surface area contributed by atoms with Crippen molar-refractivity contribution >= 4 is 17.3 Å². The predicted octanol–water partition coefficient (Wildman–Crippen LogP) is 3.08. The van der Waals surface area contributed by atoms with Gasteiger partial charge in [0.2, 0.25) is 0 Å². The number of hydrogen-bond donors (Lipinski definition) is 1. The van der Waals surface area contributed by atoms with Gasteiger partial charge in [0.25, 0.3) is 5.91 Å². The first-order valence-corrected chi connectivity index (χ1v) is 7.01. The SMILES string of the molecule is Cc1ccc(N(C)C(=O)c2cccc3c2OCCN3)cc1. The Kier molecular flexibility index (Phi) is 3.52. The van der Waals surface area contributed by atoms with Crippen LogP contribution in [0.2, 0.25) is 0 Å². The Morgan fingerprint density at radius 1 is 1.19 bits per heavy atom. The van der Waals surface area contributed by atoms with Crippen LogP contribution < -0.4 is 15.0 Å². The molecule has 0 aromatic heterocycles. The van der Waals surface area contributed by atoms with E-state index in [2.05, 4.69) is 5.32 Å². The van der Waals surface area contributed by atoms with Crippen molar-refractivity contribution in [3.05, 3.63) is 53.6 Å². The Bertz CT molecular complexity index is 665. The van der Waals surface area contributed by atoms with E-state index in [4.69, 9.17) is 4.74 Å². The van der Waals surface area contributed by atoms with Crippen molar-refractivity contribution in [3.63, 3.8) is 0 Å². The minimum atomic E-state index is -0.0700. The van der Waals surface area contributed by atoms with Gasteiger partial charge in [0.1, 0.15) is 6.61 Å². The van der Waals surface area contributed by atoms with Gasteiger partial charge >= 0.3 is 0 Å². The first-order chi connectivity index (χ1) is 10.2. The van der Waals surface area contributed by atoms with Gasteiger partial charge in [0.05, 0.1) is 11.3 Å². The molecule has 0 saturated carbocycles. The maximum absolute atomic E-state index is 12.7. The van der Waals surface area contributed by atoms with E-state index in [0.29, 0.717) is 17.9 Å². The molecule has 4 nitrogen and oxygen atoms in total. The summed E-state index contributed by atoms with van der Waals surface area (Å²) in [5.41, 5.74) is 3.50. The van der Waals surface area contributed by atoms with Gasteiger partial charge in [-0.25, -0.2) is 0 Å². The highest BCUT2D eigenvalue weighted by Gasteiger charge is 2.22. The molecule has 0 unspecified atom stereocenters. The summed E-state index contributed by atoms with van der Waals surface area (Å²) in [5.74, 6) is 0.576. The van der Waals surface area contributed by atoms with Gasteiger partial charge in [-0.2, -0.15) is 0 Å². The number of carbonyl (C=O) groups is 1. The molecule has 2 aromatic rings. The monoisotopic (exact) mass is 282 g/mol. The topological polar surface area (TPSA) is 41.6 Å². The van der Waals surface area contributed by atoms with Crippen LogP contribution in [0.25, 0.3) is 0 Å². The van der Waals surface area contributed by atoms with Gasteiger partial charge in [-0.05, 0) is 31.2 Å². The van der Waals surface area contributed by atoms with E-state index in [1.165, 1.54) is 5.56 Å². The molecule has 2 aromatic carbocycles. The first-order valence-electron chi connectivity index (χ1n) is 7.01. The first kappa shape index (κ1) is 13.5. The maximum atomic E-state index is 12.7. The summed E-state index contributed by atoms with van der Waals surface area (Å²) in [5, 5.41) is 3.25. The predicted molar refractivity (Wildman–Crippen MR) is 84.3 cm³/mol. The summed E-state index contributed by atoms with van der Waals surface area (Å²) < 4.78 is 5.67. The quantitative estimate of drug-likeness (QED) is 0.920. The number of ether oxygens (including phenoxy) is 1. The smallest absolute Gasteiger partial charge is 0.261 e. The summed E-state index contributed by atoms with van der Waals surface area (Å²) in [7, 11) is 1.78. The summed E-state index contributed by atoms with van der Waals surface area (Å²) in [6, 6.07) is 13.5. The van der Waals surface area contributed by atoms with Crippen LogP contribution >= 0.6 is 0 Å². The van der Waals surface area contributed by atoms with Crippen molar-refractivity contribution in [3.8, 4) is 5.75 Å². The molecule has 3 rings (SSSR count). The summed E-state index contributed by atoms with van der Waals surface area (Å²) in [4.78, 5) is 14.4. The highest BCUT2D eigenvalue weighted by Crippen LogP contribution is 2.32. The molecule has 108 valence electrons.